The van der Waals surface area contributed by atoms with Crippen LogP contribution in [0.2, 0.25) is 0 Å². The SMILES string of the molecule is C[C@@H]1CCC(=O)OCc2cn(nn2)CC(=O)O[C@@H]2CC[C@@]3(C)[C@@H](CC[C@@H]4[C@@H]3C[C@H](O)[C@]3(C)[C@H](CC[C@@H]43)[C@H](C)CCC(=O)OCc3cn(nn3)CC(=O)O[C@@H]3CC[C@@]4(C)[C@@H](CC[C@@H]5[C@@H]4C[C@H](O)[C@]4(C)[C@@H]1CC[C@@H]54)C3)C2. The quantitative estimate of drug-likeness (QED) is 0.187. The lowest BCUT2D eigenvalue weighted by Gasteiger charge is -2.62. The highest BCUT2D eigenvalue weighted by atomic mass is 16.6. The maximum Gasteiger partial charge on any atom is 0.328 e. The van der Waals surface area contributed by atoms with Crippen LogP contribution in [-0.4, -0.2) is 88.5 Å². The van der Waals surface area contributed by atoms with E-state index in [1.54, 1.807) is 12.4 Å². The molecule has 2 N–H and O–H groups in total. The molecule has 0 saturated heterocycles. The highest BCUT2D eigenvalue weighted by Crippen LogP contribution is 2.70. The van der Waals surface area contributed by atoms with Gasteiger partial charge in [0.1, 0.15) is 49.9 Å². The van der Waals surface area contributed by atoms with Crippen molar-refractivity contribution in [1.29, 1.82) is 0 Å². The van der Waals surface area contributed by atoms with Gasteiger partial charge in [-0.2, -0.15) is 0 Å². The third-order valence-corrected chi connectivity index (χ3v) is 23.7. The van der Waals surface area contributed by atoms with Gasteiger partial charge in [-0.05, 0) is 208 Å². The molecule has 2 aromatic heterocycles. The van der Waals surface area contributed by atoms with E-state index in [-0.39, 0.29) is 109 Å². The smallest absolute Gasteiger partial charge is 0.328 e. The maximum absolute atomic E-state index is 13.4. The van der Waals surface area contributed by atoms with E-state index in [0.29, 0.717) is 83.4 Å². The summed E-state index contributed by atoms with van der Waals surface area (Å²) in [5, 5.41) is 41.2. The molecule has 8 aliphatic heterocycles. The summed E-state index contributed by atoms with van der Waals surface area (Å²) in [6, 6.07) is 0. The molecule has 8 aliphatic carbocycles. The summed E-state index contributed by atoms with van der Waals surface area (Å²) in [4.78, 5) is 53.1. The summed E-state index contributed by atoms with van der Waals surface area (Å²) in [5.41, 5.74) is 0.661. The van der Waals surface area contributed by atoms with Crippen molar-refractivity contribution in [3.63, 3.8) is 0 Å². The van der Waals surface area contributed by atoms with Crippen LogP contribution in [0.25, 0.3) is 0 Å². The monoisotopic (exact) mass is 1030 g/mol. The number of carbonyl (C=O) groups is 4. The van der Waals surface area contributed by atoms with Gasteiger partial charge in [0.25, 0.3) is 0 Å². The maximum atomic E-state index is 13.4. The number of hydrogen-bond acceptors (Lipinski definition) is 14. The lowest BCUT2D eigenvalue weighted by molar-refractivity contribution is -0.182. The lowest BCUT2D eigenvalue weighted by atomic mass is 9.43. The van der Waals surface area contributed by atoms with E-state index in [1.165, 1.54) is 9.36 Å². The van der Waals surface area contributed by atoms with Crippen LogP contribution in [0.15, 0.2) is 12.4 Å². The number of carbonyl (C=O) groups excluding carboxylic acids is 4. The van der Waals surface area contributed by atoms with Gasteiger partial charge in [-0.3, -0.25) is 19.2 Å². The Hall–Kier alpha value is -3.92. The molecule has 20 atom stereocenters. The van der Waals surface area contributed by atoms with E-state index >= 15 is 0 Å². The molecule has 0 unspecified atom stereocenters. The fraction of sp³-hybridized carbons (Fsp3) is 0.862. The number of esters is 4. The minimum absolute atomic E-state index is 0.0180. The molecule has 0 spiro atoms. The predicted molar refractivity (Wildman–Crippen MR) is 269 cm³/mol. The van der Waals surface area contributed by atoms with Gasteiger partial charge in [0.15, 0.2) is 0 Å². The van der Waals surface area contributed by atoms with Crippen molar-refractivity contribution in [3.8, 4) is 0 Å². The lowest BCUT2D eigenvalue weighted by Crippen LogP contribution is -2.59. The minimum atomic E-state index is -0.422. The average molecular weight is 1030 g/mol. The molecule has 0 aromatic carbocycles. The summed E-state index contributed by atoms with van der Waals surface area (Å²) in [7, 11) is 0. The standard InChI is InChI=1S/C58H86N6O10/c1-33-7-17-51(67)71-31-37-27-63(61-59-37)29-53(69)74-40-20-22-56(4)36(24-40)10-12-42-46-16-14-44(58(46,6)50(66)26-48(42)56)34(2)8-18-52(68)72-32-38-28-64(62-60-38)30-54(70)73-39-19-21-55(3)35(23-39)9-11-41-45-15-13-43(33)57(45,5)49(65)25-47(41)55/h27-28,33-36,39-50,65-66H,7-26,29-32H2,1-6H3/t33-,34-,35+,36+,39-,40-,41+,42+,43-,44-,45+,46+,47+,48+,49+,50+,55+,56+,57-,58-/m1/s1. The van der Waals surface area contributed by atoms with Crippen molar-refractivity contribution in [3.05, 3.63) is 23.8 Å². The second kappa shape index (κ2) is 20.1. The van der Waals surface area contributed by atoms with Gasteiger partial charge < -0.3 is 29.2 Å². The van der Waals surface area contributed by atoms with Crippen LogP contribution in [0.3, 0.4) is 0 Å². The van der Waals surface area contributed by atoms with Gasteiger partial charge >= 0.3 is 23.9 Å². The van der Waals surface area contributed by atoms with Gasteiger partial charge in [0.05, 0.1) is 24.6 Å². The van der Waals surface area contributed by atoms with E-state index < -0.39 is 12.2 Å². The molecule has 16 nitrogen and oxygen atoms in total. The first kappa shape index (κ1) is 52.1. The normalized spacial score (nSPS) is 46.4. The molecular weight excluding hydrogens is 941 g/mol. The van der Waals surface area contributed by atoms with Crippen LogP contribution >= 0.6 is 0 Å². The summed E-state index contributed by atoms with van der Waals surface area (Å²) in [5.74, 6) is 3.41. The Bertz CT molecular complexity index is 2250. The van der Waals surface area contributed by atoms with E-state index in [1.807, 2.05) is 0 Å². The molecule has 20 bridgehead atoms. The van der Waals surface area contributed by atoms with Gasteiger partial charge in [0, 0.05) is 12.8 Å². The van der Waals surface area contributed by atoms with Crippen LogP contribution in [0.5, 0.6) is 0 Å². The van der Waals surface area contributed by atoms with Gasteiger partial charge in [-0.15, -0.1) is 10.2 Å². The van der Waals surface area contributed by atoms with Gasteiger partial charge in [-0.1, -0.05) is 52.0 Å². The summed E-state index contributed by atoms with van der Waals surface area (Å²) < 4.78 is 26.6. The summed E-state index contributed by atoms with van der Waals surface area (Å²) >= 11 is 0. The summed E-state index contributed by atoms with van der Waals surface area (Å²) in [6.07, 6.45) is 19.5. The molecule has 2 aromatic rings. The zero-order valence-electron chi connectivity index (χ0n) is 45.2. The van der Waals surface area contributed by atoms with Gasteiger partial charge in [-0.25, -0.2) is 9.36 Å². The van der Waals surface area contributed by atoms with E-state index in [0.717, 1.165) is 103 Å². The highest BCUT2D eigenvalue weighted by molar-refractivity contribution is 5.70. The van der Waals surface area contributed by atoms with Crippen LogP contribution in [-0.2, 0) is 64.4 Å². The van der Waals surface area contributed by atoms with E-state index in [2.05, 4.69) is 62.2 Å². The van der Waals surface area contributed by atoms with Crippen molar-refractivity contribution in [2.75, 3.05) is 0 Å². The van der Waals surface area contributed by atoms with Gasteiger partial charge in [0.2, 0.25) is 0 Å². The predicted octanol–water partition coefficient (Wildman–Crippen LogP) is 8.59. The molecule has 0 amide bonds. The van der Waals surface area contributed by atoms with Crippen molar-refractivity contribution in [2.24, 2.45) is 92.7 Å². The molecule has 408 valence electrons. The molecule has 10 heterocycles. The third kappa shape index (κ3) is 9.24. The number of aliphatic hydroxyl groups is 2. The fourth-order valence-corrected chi connectivity index (χ4v) is 19.7. The zero-order chi connectivity index (χ0) is 51.9. The Morgan fingerprint density at radius 2 is 0.905 bits per heavy atom. The second-order valence-corrected chi connectivity index (χ2v) is 26.9. The molecule has 16 aliphatic rings. The number of ether oxygens (including phenoxy) is 4. The average Bonchev–Trinajstić information content (AvgIpc) is 4.18. The molecule has 8 saturated carbocycles. The largest absolute Gasteiger partial charge is 0.461 e. The number of nitrogens with zero attached hydrogens (tertiary/aromatic N) is 6. The van der Waals surface area contributed by atoms with Crippen molar-refractivity contribution < 1.29 is 48.3 Å². The first-order valence-corrected chi connectivity index (χ1v) is 29.2. The first-order valence-electron chi connectivity index (χ1n) is 29.2. The third-order valence-electron chi connectivity index (χ3n) is 23.7. The van der Waals surface area contributed by atoms with Crippen molar-refractivity contribution in [1.82, 2.24) is 30.0 Å². The number of aromatic nitrogens is 6. The Labute approximate surface area is 437 Å². The van der Waals surface area contributed by atoms with Crippen LogP contribution < -0.4 is 0 Å². The molecule has 8 fully saturated rings. The fourth-order valence-electron chi connectivity index (χ4n) is 19.7. The van der Waals surface area contributed by atoms with E-state index in [4.69, 9.17) is 18.9 Å². The number of aliphatic hydroxyl groups excluding tert-OH is 2. The number of rotatable bonds is 0. The number of hydrogen-bond donors (Lipinski definition) is 2. The topological polar surface area (TPSA) is 207 Å². The summed E-state index contributed by atoms with van der Waals surface area (Å²) in [6.45, 7) is 13.9. The van der Waals surface area contributed by atoms with Crippen molar-refractivity contribution in [2.45, 2.75) is 221 Å². The Kier molecular flexibility index (Phi) is 14.2. The molecule has 74 heavy (non-hydrogen) atoms. The van der Waals surface area contributed by atoms with Crippen LogP contribution in [0.4, 0.5) is 0 Å². The van der Waals surface area contributed by atoms with E-state index in [9.17, 15) is 29.4 Å². The Morgan fingerprint density at radius 3 is 1.32 bits per heavy atom. The molecule has 16 heteroatoms. The Morgan fingerprint density at radius 1 is 0.500 bits per heavy atom. The zero-order valence-corrected chi connectivity index (χ0v) is 45.2. The van der Waals surface area contributed by atoms with Crippen LogP contribution in [0.1, 0.15) is 181 Å². The molecular formula is C58H86N6O10. The first-order chi connectivity index (χ1) is 35.4. The van der Waals surface area contributed by atoms with Crippen LogP contribution in [0, 0.1) is 92.7 Å². The Balaban J connectivity index is 0.758. The van der Waals surface area contributed by atoms with Crippen molar-refractivity contribution >= 4 is 23.9 Å². The molecule has 0 radical (unpaired) electrons. The highest BCUT2D eigenvalue weighted by Gasteiger charge is 2.66. The molecule has 18 rings (SSSR count). The second-order valence-electron chi connectivity index (χ2n) is 26.9. The minimum Gasteiger partial charge on any atom is -0.461 e.